The van der Waals surface area contributed by atoms with Gasteiger partial charge in [-0.05, 0) is 92.5 Å². The Hall–Kier alpha value is -2.44. The molecule has 2 unspecified atom stereocenters. The first-order valence-corrected chi connectivity index (χ1v) is 14.0. The van der Waals surface area contributed by atoms with Crippen molar-refractivity contribution in [1.29, 1.82) is 0 Å². The van der Waals surface area contributed by atoms with E-state index in [0.717, 1.165) is 34.5 Å². The summed E-state index contributed by atoms with van der Waals surface area (Å²) in [5, 5.41) is 7.49. The summed E-state index contributed by atoms with van der Waals surface area (Å²) < 4.78 is 0. The number of nitrogens with two attached hydrogens (primary N) is 1. The minimum atomic E-state index is 0.0602. The highest BCUT2D eigenvalue weighted by molar-refractivity contribution is 8.09. The van der Waals surface area contributed by atoms with E-state index in [1.54, 1.807) is 6.33 Å². The van der Waals surface area contributed by atoms with Crippen molar-refractivity contribution in [3.63, 3.8) is 0 Å². The molecule has 6 heteroatoms. The zero-order valence-corrected chi connectivity index (χ0v) is 21.2. The number of benzene rings is 2. The quantitative estimate of drug-likeness (QED) is 0.332. The maximum Gasteiger partial charge on any atom is 0.0931 e. The van der Waals surface area contributed by atoms with E-state index in [4.69, 9.17) is 5.73 Å². The third kappa shape index (κ3) is 3.60. The van der Waals surface area contributed by atoms with E-state index in [0.29, 0.717) is 12.0 Å². The number of imidazole rings is 1. The molecular formula is C29H35N5S. The predicted molar refractivity (Wildman–Crippen MR) is 146 cm³/mol. The zero-order chi connectivity index (χ0) is 23.6. The van der Waals surface area contributed by atoms with E-state index >= 15 is 0 Å². The van der Waals surface area contributed by atoms with Gasteiger partial charge in [-0.1, -0.05) is 36.0 Å². The molecule has 4 fully saturated rings. The molecule has 2 aromatic carbocycles. The Kier molecular flexibility index (Phi) is 5.01. The number of rotatable bonds is 6. The molecule has 4 bridgehead atoms. The van der Waals surface area contributed by atoms with Crippen LogP contribution < -0.4 is 16.4 Å². The van der Waals surface area contributed by atoms with Crippen molar-refractivity contribution in [2.45, 2.75) is 56.4 Å². The largest absolute Gasteiger partial charge is 0.377 e. The van der Waals surface area contributed by atoms with Gasteiger partial charge in [0, 0.05) is 28.8 Å². The monoisotopic (exact) mass is 485 g/mol. The van der Waals surface area contributed by atoms with Gasteiger partial charge in [0.2, 0.25) is 0 Å². The number of nitrogens with one attached hydrogen (secondary N) is 3. The lowest BCUT2D eigenvalue weighted by molar-refractivity contribution is -0.0757. The number of fused-ring (bicyclic) bond motifs is 1. The van der Waals surface area contributed by atoms with Crippen molar-refractivity contribution >= 4 is 33.4 Å². The summed E-state index contributed by atoms with van der Waals surface area (Å²) in [7, 11) is 0. The number of nitrogens with zero attached hydrogens (tertiary/aromatic N) is 1. The Bertz CT molecular complexity index is 1240. The Morgan fingerprint density at radius 1 is 1.06 bits per heavy atom. The number of aromatic nitrogens is 2. The van der Waals surface area contributed by atoms with Crippen LogP contribution in [0.4, 0.5) is 5.69 Å². The van der Waals surface area contributed by atoms with Crippen LogP contribution in [0.5, 0.6) is 0 Å². The average Bonchev–Trinajstić information content (AvgIpc) is 3.49. The highest BCUT2D eigenvalue weighted by Crippen LogP contribution is 2.67. The Morgan fingerprint density at radius 2 is 1.77 bits per heavy atom. The lowest BCUT2D eigenvalue weighted by Gasteiger charge is -2.62. The van der Waals surface area contributed by atoms with E-state index < -0.39 is 0 Å². The molecule has 0 saturated heterocycles. The first kappa shape index (κ1) is 21.8. The number of aromatic amines is 1. The molecule has 5 N–H and O–H groups in total. The van der Waals surface area contributed by atoms with Crippen molar-refractivity contribution in [3.05, 3.63) is 66.1 Å². The van der Waals surface area contributed by atoms with Gasteiger partial charge in [0.1, 0.15) is 0 Å². The standard InChI is InChI=1S/C29H35N5S/c1-28(29-12-18-8-19(13-29)10-20(9-18)14-29)33-16-27(35-28)22-4-2-21(3-5-22)26(15-30)34-23-6-7-24-25(11-23)32-17-31-24/h2-7,11,16-20,26,33-34H,8-10,12-15,30H2,1H3,(H,31,32). The van der Waals surface area contributed by atoms with E-state index in [1.165, 1.54) is 54.6 Å². The van der Waals surface area contributed by atoms with Gasteiger partial charge in [-0.3, -0.25) is 0 Å². The van der Waals surface area contributed by atoms with E-state index in [1.807, 2.05) is 6.07 Å². The SMILES string of the molecule is CC1(C23CC4CC(CC(C4)C2)C3)NC=C(c2ccc(C(CN)Nc3ccc4nc[nH]c4c3)cc2)S1. The molecule has 0 radical (unpaired) electrons. The van der Waals surface area contributed by atoms with Gasteiger partial charge in [0.05, 0.1) is 28.3 Å². The van der Waals surface area contributed by atoms with Crippen LogP contribution in [0.1, 0.15) is 62.6 Å². The Labute approximate surface area is 211 Å². The van der Waals surface area contributed by atoms with Crippen molar-refractivity contribution in [2.75, 3.05) is 11.9 Å². The number of hydrogen-bond donors (Lipinski definition) is 4. The number of thioether (sulfide) groups is 1. The van der Waals surface area contributed by atoms with Gasteiger partial charge in [0.25, 0.3) is 0 Å². The van der Waals surface area contributed by atoms with Crippen LogP contribution in [0.2, 0.25) is 0 Å². The van der Waals surface area contributed by atoms with Crippen molar-refractivity contribution < 1.29 is 0 Å². The maximum atomic E-state index is 6.18. The zero-order valence-electron chi connectivity index (χ0n) is 20.4. The molecule has 1 aliphatic heterocycles. The van der Waals surface area contributed by atoms with Gasteiger partial charge in [-0.2, -0.15) is 0 Å². The molecule has 5 aliphatic rings. The third-order valence-electron chi connectivity index (χ3n) is 9.44. The van der Waals surface area contributed by atoms with Gasteiger partial charge in [0.15, 0.2) is 0 Å². The topological polar surface area (TPSA) is 78.8 Å². The average molecular weight is 486 g/mol. The summed E-state index contributed by atoms with van der Waals surface area (Å²) in [6.45, 7) is 3.01. The second kappa shape index (κ2) is 8.04. The first-order chi connectivity index (χ1) is 17.0. The van der Waals surface area contributed by atoms with Crippen LogP contribution in [0.15, 0.2) is 55.0 Å². The summed E-state index contributed by atoms with van der Waals surface area (Å²) in [6.07, 6.45) is 12.8. The molecule has 3 aromatic rings. The van der Waals surface area contributed by atoms with Crippen LogP contribution in [0, 0.1) is 23.2 Å². The van der Waals surface area contributed by atoms with E-state index in [-0.39, 0.29) is 10.9 Å². The van der Waals surface area contributed by atoms with Gasteiger partial charge < -0.3 is 21.4 Å². The molecule has 182 valence electrons. The molecule has 1 aromatic heterocycles. The molecular weight excluding hydrogens is 450 g/mol. The summed E-state index contributed by atoms with van der Waals surface area (Å²) in [4.78, 5) is 8.97. The summed E-state index contributed by atoms with van der Waals surface area (Å²) in [5.41, 5.74) is 12.2. The highest BCUT2D eigenvalue weighted by atomic mass is 32.2. The predicted octanol–water partition coefficient (Wildman–Crippen LogP) is 6.24. The number of H-pyrrole nitrogens is 1. The molecule has 8 rings (SSSR count). The lowest BCUT2D eigenvalue weighted by Crippen LogP contribution is -2.59. The van der Waals surface area contributed by atoms with Crippen LogP contribution >= 0.6 is 11.8 Å². The van der Waals surface area contributed by atoms with Gasteiger partial charge >= 0.3 is 0 Å². The number of anilines is 1. The number of hydrogen-bond acceptors (Lipinski definition) is 5. The second-order valence-corrected chi connectivity index (χ2v) is 13.1. The molecule has 35 heavy (non-hydrogen) atoms. The smallest absolute Gasteiger partial charge is 0.0931 e. The molecule has 0 spiro atoms. The minimum absolute atomic E-state index is 0.0602. The molecule has 4 saturated carbocycles. The summed E-state index contributed by atoms with van der Waals surface area (Å²) in [5.74, 6) is 2.91. The molecule has 5 nitrogen and oxygen atoms in total. The van der Waals surface area contributed by atoms with E-state index in [9.17, 15) is 0 Å². The van der Waals surface area contributed by atoms with Crippen LogP contribution in [-0.2, 0) is 0 Å². The van der Waals surface area contributed by atoms with Gasteiger partial charge in [-0.15, -0.1) is 0 Å². The lowest BCUT2D eigenvalue weighted by atomic mass is 9.47. The van der Waals surface area contributed by atoms with Crippen LogP contribution in [-0.4, -0.2) is 21.4 Å². The van der Waals surface area contributed by atoms with E-state index in [2.05, 4.69) is 81.9 Å². The van der Waals surface area contributed by atoms with Crippen molar-refractivity contribution in [2.24, 2.45) is 28.9 Å². The second-order valence-electron chi connectivity index (χ2n) is 11.7. The molecule has 2 atom stereocenters. The minimum Gasteiger partial charge on any atom is -0.377 e. The third-order valence-corrected chi connectivity index (χ3v) is 11.0. The van der Waals surface area contributed by atoms with Crippen LogP contribution in [0.3, 0.4) is 0 Å². The van der Waals surface area contributed by atoms with Crippen LogP contribution in [0.25, 0.3) is 15.9 Å². The Balaban J connectivity index is 1.07. The van der Waals surface area contributed by atoms with Crippen molar-refractivity contribution in [1.82, 2.24) is 15.3 Å². The Morgan fingerprint density at radius 3 is 2.46 bits per heavy atom. The molecule has 2 heterocycles. The first-order valence-electron chi connectivity index (χ1n) is 13.2. The molecule has 0 amide bonds. The fourth-order valence-electron chi connectivity index (χ4n) is 7.97. The summed E-state index contributed by atoms with van der Waals surface area (Å²) >= 11 is 2.08. The van der Waals surface area contributed by atoms with Crippen molar-refractivity contribution in [3.8, 4) is 0 Å². The van der Waals surface area contributed by atoms with Gasteiger partial charge in [-0.25, -0.2) is 4.98 Å². The highest BCUT2D eigenvalue weighted by Gasteiger charge is 2.60. The fourth-order valence-corrected chi connectivity index (χ4v) is 9.36. The normalized spacial score (nSPS) is 34.1. The molecule has 4 aliphatic carbocycles. The maximum absolute atomic E-state index is 6.18. The summed E-state index contributed by atoms with van der Waals surface area (Å²) in [6, 6.07) is 15.3. The fraction of sp³-hybridized carbons (Fsp3) is 0.483.